The third kappa shape index (κ3) is 3.86. The predicted octanol–water partition coefficient (Wildman–Crippen LogP) is 5.59. The van der Waals surface area contributed by atoms with E-state index in [1.165, 1.54) is 11.8 Å². The van der Waals surface area contributed by atoms with Crippen molar-refractivity contribution >= 4 is 23.4 Å². The van der Waals surface area contributed by atoms with E-state index in [0.29, 0.717) is 22.6 Å². The van der Waals surface area contributed by atoms with Gasteiger partial charge in [-0.05, 0) is 48.2 Å². The van der Waals surface area contributed by atoms with Gasteiger partial charge in [0, 0.05) is 16.7 Å². The number of aromatic nitrogens is 3. The third-order valence-corrected chi connectivity index (χ3v) is 7.22. The Morgan fingerprint density at radius 1 is 0.892 bits per heavy atom. The molecule has 2 aliphatic rings. The molecule has 0 fully saturated rings. The maximum absolute atomic E-state index is 6.72. The van der Waals surface area contributed by atoms with Gasteiger partial charge in [0.15, 0.2) is 11.5 Å². The van der Waals surface area contributed by atoms with Gasteiger partial charge in [0.25, 0.3) is 0 Å². The van der Waals surface area contributed by atoms with Crippen LogP contribution in [0.2, 0.25) is 0 Å². The molecule has 8 nitrogen and oxygen atoms in total. The SMILES string of the molecule is COc1ccc([C@@H]2C3=C(Nc4nc(SC)nn42)c2ccccc2O[C@H]3c2ccc(OC)c(OC)c2)cc1. The molecular formula is C28H26N4O4S. The van der Waals surface area contributed by atoms with E-state index >= 15 is 0 Å². The Hall–Kier alpha value is -4.11. The molecule has 1 N–H and O–H groups in total. The number of hydrogen-bond donors (Lipinski definition) is 1. The zero-order valence-electron chi connectivity index (χ0n) is 20.9. The van der Waals surface area contributed by atoms with Crippen LogP contribution in [0.4, 0.5) is 5.95 Å². The van der Waals surface area contributed by atoms with Crippen LogP contribution >= 0.6 is 11.8 Å². The van der Waals surface area contributed by atoms with Gasteiger partial charge in [0.2, 0.25) is 11.1 Å². The Kier molecular flexibility index (Phi) is 5.92. The number of nitrogens with one attached hydrogen (secondary N) is 1. The van der Waals surface area contributed by atoms with Crippen LogP contribution in [0.5, 0.6) is 23.0 Å². The Balaban J connectivity index is 1.60. The van der Waals surface area contributed by atoms with Gasteiger partial charge in [-0.3, -0.25) is 0 Å². The van der Waals surface area contributed by atoms with Crippen LogP contribution < -0.4 is 24.3 Å². The maximum atomic E-state index is 6.72. The molecule has 0 bridgehead atoms. The van der Waals surface area contributed by atoms with Crippen molar-refractivity contribution in [2.24, 2.45) is 0 Å². The second kappa shape index (κ2) is 9.40. The standard InChI is InChI=1S/C28H26N4O4S/c1-33-18-12-9-16(10-13-18)25-23-24(29-27-30-28(37-4)31-32(25)27)19-7-5-6-8-20(19)36-26(23)17-11-14-21(34-2)22(15-17)35-3/h5-15,25-26H,1-4H3,(H,29,30,31)/t25-,26+/m1/s1. The normalized spacial score (nSPS) is 17.6. The summed E-state index contributed by atoms with van der Waals surface area (Å²) in [7, 11) is 4.93. The molecule has 3 aromatic carbocycles. The van der Waals surface area contributed by atoms with Crippen molar-refractivity contribution in [3.05, 3.63) is 89.0 Å². The average molecular weight is 515 g/mol. The molecule has 0 saturated heterocycles. The number of anilines is 1. The Morgan fingerprint density at radius 2 is 1.65 bits per heavy atom. The van der Waals surface area contributed by atoms with Gasteiger partial charge >= 0.3 is 0 Å². The van der Waals surface area contributed by atoms with Gasteiger partial charge in [-0.1, -0.05) is 42.1 Å². The minimum atomic E-state index is -0.417. The summed E-state index contributed by atoms with van der Waals surface area (Å²) in [5, 5.41) is 9.12. The number of thioether (sulfide) groups is 1. The summed E-state index contributed by atoms with van der Waals surface area (Å²) in [6.45, 7) is 0. The van der Waals surface area contributed by atoms with Gasteiger partial charge in [-0.15, -0.1) is 5.10 Å². The number of rotatable bonds is 6. The summed E-state index contributed by atoms with van der Waals surface area (Å²) in [6, 6.07) is 21.7. The van der Waals surface area contributed by atoms with Crippen molar-refractivity contribution in [3.8, 4) is 23.0 Å². The summed E-state index contributed by atoms with van der Waals surface area (Å²) in [5.41, 5.74) is 4.96. The molecule has 3 heterocycles. The lowest BCUT2D eigenvalue weighted by Gasteiger charge is -2.39. The third-order valence-electron chi connectivity index (χ3n) is 6.68. The first-order chi connectivity index (χ1) is 18.1. The number of methoxy groups -OCH3 is 3. The fraction of sp³-hybridized carbons (Fsp3) is 0.214. The molecule has 2 atom stereocenters. The zero-order chi connectivity index (χ0) is 25.5. The fourth-order valence-electron chi connectivity index (χ4n) is 4.94. The number of nitrogens with zero attached hydrogens (tertiary/aromatic N) is 3. The number of para-hydroxylation sites is 1. The molecular weight excluding hydrogens is 488 g/mol. The van der Waals surface area contributed by atoms with E-state index in [9.17, 15) is 0 Å². The molecule has 37 heavy (non-hydrogen) atoms. The molecule has 0 unspecified atom stereocenters. The fourth-order valence-corrected chi connectivity index (χ4v) is 5.29. The molecule has 0 radical (unpaired) electrons. The van der Waals surface area contributed by atoms with E-state index in [1.807, 2.05) is 59.5 Å². The van der Waals surface area contributed by atoms with Crippen LogP contribution in [0, 0.1) is 0 Å². The Bertz CT molecular complexity index is 1500. The number of ether oxygens (including phenoxy) is 4. The average Bonchev–Trinajstić information content (AvgIpc) is 3.38. The molecule has 188 valence electrons. The molecule has 6 rings (SSSR count). The molecule has 0 aliphatic carbocycles. The maximum Gasteiger partial charge on any atom is 0.227 e. The van der Waals surface area contributed by atoms with Crippen LogP contribution in [0.15, 0.2) is 77.5 Å². The Morgan fingerprint density at radius 3 is 2.38 bits per heavy atom. The lowest BCUT2D eigenvalue weighted by Crippen LogP contribution is -2.32. The highest BCUT2D eigenvalue weighted by Gasteiger charge is 2.41. The lowest BCUT2D eigenvalue weighted by atomic mass is 9.84. The van der Waals surface area contributed by atoms with E-state index in [4.69, 9.17) is 29.0 Å². The van der Waals surface area contributed by atoms with Crippen molar-refractivity contribution < 1.29 is 18.9 Å². The van der Waals surface area contributed by atoms with Crippen molar-refractivity contribution in [2.75, 3.05) is 32.9 Å². The largest absolute Gasteiger partial charge is 0.497 e. The highest BCUT2D eigenvalue weighted by atomic mass is 32.2. The predicted molar refractivity (Wildman–Crippen MR) is 143 cm³/mol. The molecule has 1 aromatic heterocycles. The van der Waals surface area contributed by atoms with Gasteiger partial charge < -0.3 is 24.3 Å². The Labute approximate surface area is 219 Å². The van der Waals surface area contributed by atoms with Crippen LogP contribution in [-0.4, -0.2) is 42.3 Å². The second-order valence-corrected chi connectivity index (χ2v) is 9.38. The molecule has 0 spiro atoms. The number of benzene rings is 3. The molecule has 9 heteroatoms. The molecule has 2 aliphatic heterocycles. The highest BCUT2D eigenvalue weighted by molar-refractivity contribution is 7.98. The van der Waals surface area contributed by atoms with Crippen molar-refractivity contribution in [1.82, 2.24) is 14.8 Å². The number of fused-ring (bicyclic) bond motifs is 3. The van der Waals surface area contributed by atoms with E-state index in [1.54, 1.807) is 21.3 Å². The minimum Gasteiger partial charge on any atom is -0.497 e. The van der Waals surface area contributed by atoms with Crippen LogP contribution in [0.1, 0.15) is 28.8 Å². The zero-order valence-corrected chi connectivity index (χ0v) is 21.7. The summed E-state index contributed by atoms with van der Waals surface area (Å²) in [4.78, 5) is 4.76. The number of hydrogen-bond acceptors (Lipinski definition) is 8. The first-order valence-electron chi connectivity index (χ1n) is 11.8. The van der Waals surface area contributed by atoms with Gasteiger partial charge in [0.1, 0.15) is 23.6 Å². The molecule has 0 amide bonds. The van der Waals surface area contributed by atoms with E-state index < -0.39 is 6.10 Å². The highest BCUT2D eigenvalue weighted by Crippen LogP contribution is 2.51. The first kappa shape index (κ1) is 23.3. The van der Waals surface area contributed by atoms with Gasteiger partial charge in [0.05, 0.1) is 27.0 Å². The van der Waals surface area contributed by atoms with Gasteiger partial charge in [-0.25, -0.2) is 4.68 Å². The quantitative estimate of drug-likeness (QED) is 0.334. The molecule has 0 saturated carbocycles. The van der Waals surface area contributed by atoms with E-state index in [0.717, 1.165) is 39.5 Å². The van der Waals surface area contributed by atoms with Crippen LogP contribution in [0.25, 0.3) is 5.70 Å². The summed E-state index contributed by atoms with van der Waals surface area (Å²) < 4.78 is 25.2. The summed E-state index contributed by atoms with van der Waals surface area (Å²) >= 11 is 1.51. The van der Waals surface area contributed by atoms with Crippen LogP contribution in [0.3, 0.4) is 0 Å². The van der Waals surface area contributed by atoms with Crippen LogP contribution in [-0.2, 0) is 0 Å². The van der Waals surface area contributed by atoms with Gasteiger partial charge in [-0.2, -0.15) is 4.98 Å². The van der Waals surface area contributed by atoms with Crippen molar-refractivity contribution in [2.45, 2.75) is 17.3 Å². The summed E-state index contributed by atoms with van der Waals surface area (Å²) in [6.07, 6.45) is 1.56. The minimum absolute atomic E-state index is 0.267. The molecule has 4 aromatic rings. The topological polar surface area (TPSA) is 79.7 Å². The smallest absolute Gasteiger partial charge is 0.227 e. The van der Waals surface area contributed by atoms with Crippen molar-refractivity contribution in [3.63, 3.8) is 0 Å². The summed E-state index contributed by atoms with van der Waals surface area (Å²) in [5.74, 6) is 3.57. The van der Waals surface area contributed by atoms with E-state index in [-0.39, 0.29) is 6.04 Å². The van der Waals surface area contributed by atoms with Crippen molar-refractivity contribution in [1.29, 1.82) is 0 Å². The first-order valence-corrected chi connectivity index (χ1v) is 13.0. The van der Waals surface area contributed by atoms with E-state index in [2.05, 4.69) is 23.5 Å². The lowest BCUT2D eigenvalue weighted by molar-refractivity contribution is 0.222. The monoisotopic (exact) mass is 514 g/mol. The second-order valence-electron chi connectivity index (χ2n) is 8.61.